The zero-order valence-corrected chi connectivity index (χ0v) is 11.1. The smallest absolute Gasteiger partial charge is 0.412 e. The third-order valence-electron chi connectivity index (χ3n) is 2.65. The van der Waals surface area contributed by atoms with Crippen LogP contribution in [0, 0.1) is 0 Å². The lowest BCUT2D eigenvalue weighted by Gasteiger charge is -2.19. The van der Waals surface area contributed by atoms with Crippen LogP contribution in [0.15, 0.2) is 23.1 Å². The zero-order valence-electron chi connectivity index (χ0n) is 11.1. The second-order valence-electron chi connectivity index (χ2n) is 5.58. The van der Waals surface area contributed by atoms with E-state index in [9.17, 15) is 14.0 Å². The molecular formula is C13H17FN2O3. The van der Waals surface area contributed by atoms with Crippen molar-refractivity contribution in [2.45, 2.75) is 45.0 Å². The Hall–Kier alpha value is -1.85. The van der Waals surface area contributed by atoms with Crippen LogP contribution in [0.4, 0.5) is 14.9 Å². The molecule has 0 spiro atoms. The number of amides is 1. The molecule has 0 radical (unpaired) electrons. The molecule has 0 bridgehead atoms. The third kappa shape index (κ3) is 3.33. The van der Waals surface area contributed by atoms with Gasteiger partial charge in [-0.2, -0.15) is 0 Å². The highest BCUT2D eigenvalue weighted by Gasteiger charge is 2.39. The van der Waals surface area contributed by atoms with Gasteiger partial charge in [-0.1, -0.05) is 0 Å². The molecule has 1 fully saturated rings. The second kappa shape index (κ2) is 4.68. The van der Waals surface area contributed by atoms with Gasteiger partial charge in [-0.05, 0) is 32.9 Å². The number of carbonyl (C=O) groups excluding carboxylic acids is 1. The highest BCUT2D eigenvalue weighted by molar-refractivity contribution is 5.84. The fraction of sp³-hybridized carbons (Fsp3) is 0.538. The van der Waals surface area contributed by atoms with Crippen LogP contribution in [0.3, 0.4) is 0 Å². The first kappa shape index (κ1) is 13.6. The lowest BCUT2D eigenvalue weighted by atomic mass is 10.2. The fourth-order valence-corrected chi connectivity index (χ4v) is 1.72. The molecule has 1 heterocycles. The number of nitrogens with one attached hydrogen (secondary N) is 1. The van der Waals surface area contributed by atoms with Crippen molar-refractivity contribution >= 4 is 11.8 Å². The van der Waals surface area contributed by atoms with E-state index in [1.807, 2.05) is 0 Å². The summed E-state index contributed by atoms with van der Waals surface area (Å²) < 4.78 is 19.4. The number of rotatable bonds is 2. The average Bonchev–Trinajstić information content (AvgIpc) is 2.96. The molecule has 5 nitrogen and oxygen atoms in total. The summed E-state index contributed by atoms with van der Waals surface area (Å²) in [6.07, 6.45) is 0.187. The molecule has 0 unspecified atom stereocenters. The summed E-state index contributed by atoms with van der Waals surface area (Å²) in [5.74, 6) is 0. The Balaban J connectivity index is 2.13. The van der Waals surface area contributed by atoms with E-state index in [0.717, 1.165) is 0 Å². The molecular weight excluding hydrogens is 251 g/mol. The predicted octanol–water partition coefficient (Wildman–Crippen LogP) is 2.48. The highest BCUT2D eigenvalue weighted by Crippen LogP contribution is 2.37. The molecule has 1 aromatic rings. The number of hydrogen-bond donors (Lipinski definition) is 1. The number of ether oxygens (including phenoxy) is 1. The van der Waals surface area contributed by atoms with Gasteiger partial charge in [0, 0.05) is 12.6 Å². The van der Waals surface area contributed by atoms with Gasteiger partial charge in [-0.3, -0.25) is 10.1 Å². The molecule has 1 saturated carbocycles. The first-order chi connectivity index (χ1) is 8.78. The van der Waals surface area contributed by atoms with Crippen LogP contribution in [-0.4, -0.2) is 22.4 Å². The zero-order chi connectivity index (χ0) is 14.2. The lowest BCUT2D eigenvalue weighted by molar-refractivity contribution is 0.0635. The molecule has 2 rings (SSSR count). The standard InChI is InChI=1S/C13H17FN2O3/c1-13(2,3)19-12(18)15-9-5-4-6-16(11(9)17)10-7-8(10)14/h4-6,8,10H,7H2,1-3H3,(H,15,18)/t8-,10-/m0/s1. The summed E-state index contributed by atoms with van der Waals surface area (Å²) in [5, 5.41) is 2.39. The molecule has 6 heteroatoms. The van der Waals surface area contributed by atoms with E-state index >= 15 is 0 Å². The predicted molar refractivity (Wildman–Crippen MR) is 69.1 cm³/mol. The average molecular weight is 268 g/mol. The second-order valence-corrected chi connectivity index (χ2v) is 5.58. The van der Waals surface area contributed by atoms with Gasteiger partial charge in [0.1, 0.15) is 17.5 Å². The molecule has 19 heavy (non-hydrogen) atoms. The number of hydrogen-bond acceptors (Lipinski definition) is 3. The Morgan fingerprint density at radius 3 is 2.68 bits per heavy atom. The Bertz CT molecular complexity index is 548. The summed E-state index contributed by atoms with van der Waals surface area (Å²) in [6, 6.07) is 2.66. The van der Waals surface area contributed by atoms with Gasteiger partial charge in [0.25, 0.3) is 5.56 Å². The number of anilines is 1. The van der Waals surface area contributed by atoms with Crippen LogP contribution in [0.2, 0.25) is 0 Å². The number of pyridine rings is 1. The van der Waals surface area contributed by atoms with Crippen molar-refractivity contribution in [1.82, 2.24) is 4.57 Å². The SMILES string of the molecule is CC(C)(C)OC(=O)Nc1cccn([C@H]2C[C@@H]2F)c1=O. The van der Waals surface area contributed by atoms with Gasteiger partial charge in [0.15, 0.2) is 0 Å². The van der Waals surface area contributed by atoms with Crippen molar-refractivity contribution in [2.75, 3.05) is 5.32 Å². The molecule has 1 N–H and O–H groups in total. The van der Waals surface area contributed by atoms with Gasteiger partial charge in [-0.25, -0.2) is 9.18 Å². The largest absolute Gasteiger partial charge is 0.444 e. The van der Waals surface area contributed by atoms with Crippen molar-refractivity contribution in [3.05, 3.63) is 28.7 Å². The van der Waals surface area contributed by atoms with Crippen molar-refractivity contribution < 1.29 is 13.9 Å². The summed E-state index contributed by atoms with van der Waals surface area (Å²) in [4.78, 5) is 23.6. The molecule has 2 atom stereocenters. The molecule has 1 aromatic heterocycles. The topological polar surface area (TPSA) is 60.3 Å². The molecule has 0 aromatic carbocycles. The van der Waals surface area contributed by atoms with Crippen molar-refractivity contribution in [1.29, 1.82) is 0 Å². The van der Waals surface area contributed by atoms with Crippen molar-refractivity contribution in [2.24, 2.45) is 0 Å². The monoisotopic (exact) mass is 268 g/mol. The quantitative estimate of drug-likeness (QED) is 0.896. The van der Waals surface area contributed by atoms with Gasteiger partial charge in [0.05, 0.1) is 6.04 Å². The van der Waals surface area contributed by atoms with E-state index < -0.39 is 29.5 Å². The molecule has 104 valence electrons. The molecule has 0 aliphatic heterocycles. The summed E-state index contributed by atoms with van der Waals surface area (Å²) >= 11 is 0. The van der Waals surface area contributed by atoms with Crippen LogP contribution < -0.4 is 10.9 Å². The van der Waals surface area contributed by atoms with Crippen LogP contribution in [0.1, 0.15) is 33.2 Å². The molecule has 1 aliphatic rings. The number of nitrogens with zero attached hydrogens (tertiary/aromatic N) is 1. The van der Waals surface area contributed by atoms with Crippen molar-refractivity contribution in [3.8, 4) is 0 Å². The first-order valence-electron chi connectivity index (χ1n) is 6.13. The molecule has 1 aliphatic carbocycles. The van der Waals surface area contributed by atoms with Crippen molar-refractivity contribution in [3.63, 3.8) is 0 Å². The van der Waals surface area contributed by atoms with E-state index in [0.29, 0.717) is 6.42 Å². The summed E-state index contributed by atoms with van der Waals surface area (Å²) in [6.45, 7) is 5.19. The normalized spacial score (nSPS) is 21.9. The number of aromatic nitrogens is 1. The van der Waals surface area contributed by atoms with E-state index in [-0.39, 0.29) is 5.69 Å². The Labute approximate surface area is 110 Å². The Kier molecular flexibility index (Phi) is 3.34. The minimum absolute atomic E-state index is 0.0934. The van der Waals surface area contributed by atoms with Gasteiger partial charge in [0.2, 0.25) is 0 Å². The van der Waals surface area contributed by atoms with E-state index in [4.69, 9.17) is 4.74 Å². The fourth-order valence-electron chi connectivity index (χ4n) is 1.72. The maximum absolute atomic E-state index is 13.0. The van der Waals surface area contributed by atoms with Gasteiger partial charge >= 0.3 is 6.09 Å². The number of carbonyl (C=O) groups is 1. The maximum Gasteiger partial charge on any atom is 0.412 e. The maximum atomic E-state index is 13.0. The Morgan fingerprint density at radius 2 is 2.16 bits per heavy atom. The summed E-state index contributed by atoms with van der Waals surface area (Å²) in [7, 11) is 0. The van der Waals surface area contributed by atoms with Crippen LogP contribution in [-0.2, 0) is 4.74 Å². The summed E-state index contributed by atoms with van der Waals surface area (Å²) in [5.41, 5.74) is -0.965. The Morgan fingerprint density at radius 1 is 1.53 bits per heavy atom. The number of alkyl halides is 1. The minimum atomic E-state index is -0.977. The van der Waals surface area contributed by atoms with Crippen LogP contribution in [0.25, 0.3) is 0 Å². The van der Waals surface area contributed by atoms with Crippen LogP contribution in [0.5, 0.6) is 0 Å². The van der Waals surface area contributed by atoms with Gasteiger partial charge < -0.3 is 9.30 Å². The third-order valence-corrected chi connectivity index (χ3v) is 2.65. The first-order valence-corrected chi connectivity index (χ1v) is 6.13. The lowest BCUT2D eigenvalue weighted by Crippen LogP contribution is -2.30. The van der Waals surface area contributed by atoms with Gasteiger partial charge in [-0.15, -0.1) is 0 Å². The van der Waals surface area contributed by atoms with Crippen LogP contribution >= 0.6 is 0 Å². The van der Waals surface area contributed by atoms with E-state index in [2.05, 4.69) is 5.32 Å². The van der Waals surface area contributed by atoms with E-state index in [1.165, 1.54) is 16.8 Å². The molecule has 1 amide bonds. The minimum Gasteiger partial charge on any atom is -0.444 e. The number of halogens is 1. The molecule has 0 saturated heterocycles. The highest BCUT2D eigenvalue weighted by atomic mass is 19.1. The van der Waals surface area contributed by atoms with E-state index in [1.54, 1.807) is 26.8 Å².